The first kappa shape index (κ1) is 14.7. The average molecular weight is 336 g/mol. The standard InChI is InChI=1S/C12H16BrClN2S/c1-3-4-8(2)15-12(17)16-11-6-5-9(13)7-10(11)14/h5-8H,3-4H2,1-2H3,(H2,15,16,17). The van der Waals surface area contributed by atoms with Crippen LogP contribution in [0, 0.1) is 0 Å². The highest BCUT2D eigenvalue weighted by Crippen LogP contribution is 2.25. The molecule has 0 saturated heterocycles. The smallest absolute Gasteiger partial charge is 0.171 e. The summed E-state index contributed by atoms with van der Waals surface area (Å²) in [5, 5.41) is 7.57. The highest BCUT2D eigenvalue weighted by molar-refractivity contribution is 9.10. The van der Waals surface area contributed by atoms with Crippen molar-refractivity contribution in [2.45, 2.75) is 32.7 Å². The Morgan fingerprint density at radius 2 is 2.24 bits per heavy atom. The van der Waals surface area contributed by atoms with Crippen LogP contribution in [0.2, 0.25) is 5.02 Å². The summed E-state index contributed by atoms with van der Waals surface area (Å²) < 4.78 is 0.950. The summed E-state index contributed by atoms with van der Waals surface area (Å²) in [7, 11) is 0. The zero-order valence-electron chi connectivity index (χ0n) is 9.89. The molecular formula is C12H16BrClN2S. The number of thiocarbonyl (C=S) groups is 1. The zero-order chi connectivity index (χ0) is 12.8. The lowest BCUT2D eigenvalue weighted by molar-refractivity contribution is 0.599. The Morgan fingerprint density at radius 3 is 2.82 bits per heavy atom. The van der Waals surface area contributed by atoms with Gasteiger partial charge < -0.3 is 10.6 Å². The summed E-state index contributed by atoms with van der Waals surface area (Å²) >= 11 is 14.7. The molecule has 0 aromatic heterocycles. The molecule has 94 valence electrons. The van der Waals surface area contributed by atoms with Crippen LogP contribution >= 0.6 is 39.7 Å². The highest BCUT2D eigenvalue weighted by Gasteiger charge is 2.05. The van der Waals surface area contributed by atoms with E-state index in [0.717, 1.165) is 23.0 Å². The Hall–Kier alpha value is -0.320. The first-order chi connectivity index (χ1) is 8.02. The van der Waals surface area contributed by atoms with Gasteiger partial charge >= 0.3 is 0 Å². The van der Waals surface area contributed by atoms with E-state index >= 15 is 0 Å². The molecule has 0 spiro atoms. The van der Waals surface area contributed by atoms with Crippen molar-refractivity contribution in [1.82, 2.24) is 5.32 Å². The molecule has 0 aliphatic carbocycles. The van der Waals surface area contributed by atoms with Crippen LogP contribution in [0.5, 0.6) is 0 Å². The monoisotopic (exact) mass is 334 g/mol. The minimum Gasteiger partial charge on any atom is -0.360 e. The van der Waals surface area contributed by atoms with E-state index in [1.165, 1.54) is 0 Å². The zero-order valence-corrected chi connectivity index (χ0v) is 13.0. The van der Waals surface area contributed by atoms with Crippen molar-refractivity contribution in [1.29, 1.82) is 0 Å². The highest BCUT2D eigenvalue weighted by atomic mass is 79.9. The van der Waals surface area contributed by atoms with E-state index in [1.54, 1.807) is 0 Å². The fourth-order valence-corrected chi connectivity index (χ4v) is 2.51. The maximum atomic E-state index is 6.09. The summed E-state index contributed by atoms with van der Waals surface area (Å²) in [6.45, 7) is 4.26. The average Bonchev–Trinajstić information content (AvgIpc) is 2.22. The van der Waals surface area contributed by atoms with Crippen LogP contribution in [0.4, 0.5) is 5.69 Å². The van der Waals surface area contributed by atoms with Crippen LogP contribution in [-0.2, 0) is 0 Å². The summed E-state index contributed by atoms with van der Waals surface area (Å²) in [5.41, 5.74) is 0.816. The normalized spacial score (nSPS) is 12.0. The molecule has 0 aliphatic rings. The van der Waals surface area contributed by atoms with Crippen molar-refractivity contribution in [3.05, 3.63) is 27.7 Å². The minimum absolute atomic E-state index is 0.370. The summed E-state index contributed by atoms with van der Waals surface area (Å²) in [6, 6.07) is 6.02. The first-order valence-corrected chi connectivity index (χ1v) is 7.13. The second-order valence-electron chi connectivity index (χ2n) is 3.91. The number of nitrogens with one attached hydrogen (secondary N) is 2. The molecule has 0 amide bonds. The van der Waals surface area contributed by atoms with Gasteiger partial charge in [-0.25, -0.2) is 0 Å². The topological polar surface area (TPSA) is 24.1 Å². The second kappa shape index (κ2) is 7.19. The Bertz CT molecular complexity index is 398. The van der Waals surface area contributed by atoms with Crippen molar-refractivity contribution in [3.63, 3.8) is 0 Å². The molecule has 2 N–H and O–H groups in total. The maximum Gasteiger partial charge on any atom is 0.171 e. The quantitative estimate of drug-likeness (QED) is 0.788. The lowest BCUT2D eigenvalue weighted by atomic mass is 10.2. The van der Waals surface area contributed by atoms with Gasteiger partial charge in [-0.3, -0.25) is 0 Å². The molecule has 1 unspecified atom stereocenters. The Labute approximate surface area is 121 Å². The van der Waals surface area contributed by atoms with Gasteiger partial charge in [-0.2, -0.15) is 0 Å². The molecule has 0 heterocycles. The SMILES string of the molecule is CCCC(C)NC(=S)Nc1ccc(Br)cc1Cl. The van der Waals surface area contributed by atoms with Crippen LogP contribution in [0.3, 0.4) is 0 Å². The molecule has 2 nitrogen and oxygen atoms in total. The third-order valence-electron chi connectivity index (χ3n) is 2.28. The Balaban J connectivity index is 2.56. The van der Waals surface area contributed by atoms with Gasteiger partial charge in [-0.15, -0.1) is 0 Å². The minimum atomic E-state index is 0.370. The van der Waals surface area contributed by atoms with Crippen LogP contribution in [0.1, 0.15) is 26.7 Å². The van der Waals surface area contributed by atoms with Gasteiger partial charge in [0.05, 0.1) is 10.7 Å². The first-order valence-electron chi connectivity index (χ1n) is 5.55. The van der Waals surface area contributed by atoms with Gasteiger partial charge in [0, 0.05) is 10.5 Å². The molecular weight excluding hydrogens is 320 g/mol. The van der Waals surface area contributed by atoms with E-state index in [9.17, 15) is 0 Å². The van der Waals surface area contributed by atoms with E-state index in [0.29, 0.717) is 16.2 Å². The predicted octanol–water partition coefficient (Wildman–Crippen LogP) is 4.58. The van der Waals surface area contributed by atoms with Gasteiger partial charge in [0.15, 0.2) is 5.11 Å². The third kappa shape index (κ3) is 5.23. The number of benzene rings is 1. The van der Waals surface area contributed by atoms with Gasteiger partial charge in [0.1, 0.15) is 0 Å². The molecule has 1 aromatic carbocycles. The second-order valence-corrected chi connectivity index (χ2v) is 5.64. The Morgan fingerprint density at radius 1 is 1.53 bits per heavy atom. The van der Waals surface area contributed by atoms with Gasteiger partial charge in [0.25, 0.3) is 0 Å². The number of halogens is 2. The van der Waals surface area contributed by atoms with E-state index in [-0.39, 0.29) is 0 Å². The number of anilines is 1. The summed E-state index contributed by atoms with van der Waals surface area (Å²) in [5.74, 6) is 0. The molecule has 1 atom stereocenters. The third-order valence-corrected chi connectivity index (χ3v) is 3.30. The molecule has 1 aromatic rings. The molecule has 5 heteroatoms. The summed E-state index contributed by atoms with van der Waals surface area (Å²) in [4.78, 5) is 0. The van der Waals surface area contributed by atoms with Crippen molar-refractivity contribution in [2.75, 3.05) is 5.32 Å². The van der Waals surface area contributed by atoms with Gasteiger partial charge in [-0.1, -0.05) is 40.9 Å². The largest absolute Gasteiger partial charge is 0.360 e. The van der Waals surface area contributed by atoms with Crippen molar-refractivity contribution < 1.29 is 0 Å². The molecule has 1 rings (SSSR count). The molecule has 0 aliphatic heterocycles. The molecule has 0 saturated carbocycles. The van der Waals surface area contributed by atoms with E-state index in [2.05, 4.69) is 40.4 Å². The number of hydrogen-bond donors (Lipinski definition) is 2. The van der Waals surface area contributed by atoms with E-state index < -0.39 is 0 Å². The van der Waals surface area contributed by atoms with Crippen LogP contribution in [0.25, 0.3) is 0 Å². The van der Waals surface area contributed by atoms with Crippen molar-refractivity contribution in [2.24, 2.45) is 0 Å². The fourth-order valence-electron chi connectivity index (χ4n) is 1.48. The molecule has 0 fully saturated rings. The summed E-state index contributed by atoms with van der Waals surface area (Å²) in [6.07, 6.45) is 2.23. The molecule has 17 heavy (non-hydrogen) atoms. The number of rotatable bonds is 4. The lowest BCUT2D eigenvalue weighted by Gasteiger charge is -2.16. The van der Waals surface area contributed by atoms with Crippen LogP contribution < -0.4 is 10.6 Å². The Kier molecular flexibility index (Phi) is 6.23. The van der Waals surface area contributed by atoms with Crippen molar-refractivity contribution in [3.8, 4) is 0 Å². The van der Waals surface area contributed by atoms with Crippen LogP contribution in [0.15, 0.2) is 22.7 Å². The van der Waals surface area contributed by atoms with Crippen molar-refractivity contribution >= 4 is 50.5 Å². The predicted molar refractivity (Wildman–Crippen MR) is 82.9 cm³/mol. The van der Waals surface area contributed by atoms with Gasteiger partial charge in [0.2, 0.25) is 0 Å². The lowest BCUT2D eigenvalue weighted by Crippen LogP contribution is -2.35. The maximum absolute atomic E-state index is 6.09. The van der Waals surface area contributed by atoms with Gasteiger partial charge in [-0.05, 0) is 43.8 Å². The van der Waals surface area contributed by atoms with E-state index in [1.807, 2.05) is 18.2 Å². The number of hydrogen-bond acceptors (Lipinski definition) is 1. The fraction of sp³-hybridized carbons (Fsp3) is 0.417. The molecule has 0 bridgehead atoms. The molecule has 0 radical (unpaired) electrons. The van der Waals surface area contributed by atoms with E-state index in [4.69, 9.17) is 23.8 Å². The van der Waals surface area contributed by atoms with Crippen LogP contribution in [-0.4, -0.2) is 11.2 Å².